The second-order valence-electron chi connectivity index (χ2n) is 5.11. The van der Waals surface area contributed by atoms with E-state index in [0.29, 0.717) is 6.10 Å². The van der Waals surface area contributed by atoms with Gasteiger partial charge in [-0.3, -0.25) is 0 Å². The standard InChI is InChI=1S/C16H20N2O2S/c1-19-13-6-4-12(5-7-13)15-10-18-16(21-15)11-17-9-14-3-2-8-20-14/h4-7,10,14,17H,2-3,8-9,11H2,1H3. The van der Waals surface area contributed by atoms with E-state index in [4.69, 9.17) is 9.47 Å². The molecule has 4 nitrogen and oxygen atoms in total. The fourth-order valence-electron chi connectivity index (χ4n) is 2.43. The topological polar surface area (TPSA) is 43.4 Å². The van der Waals surface area contributed by atoms with Crippen LogP contribution in [0.25, 0.3) is 10.4 Å². The van der Waals surface area contributed by atoms with Gasteiger partial charge in [-0.2, -0.15) is 0 Å². The molecule has 0 spiro atoms. The van der Waals surface area contributed by atoms with Crippen molar-refractivity contribution >= 4 is 11.3 Å². The molecule has 0 radical (unpaired) electrons. The van der Waals surface area contributed by atoms with Crippen LogP contribution >= 0.6 is 11.3 Å². The maximum atomic E-state index is 5.60. The van der Waals surface area contributed by atoms with Gasteiger partial charge in [0.2, 0.25) is 0 Å². The lowest BCUT2D eigenvalue weighted by Gasteiger charge is -2.09. The van der Waals surface area contributed by atoms with Gasteiger partial charge in [-0.1, -0.05) is 0 Å². The number of methoxy groups -OCH3 is 1. The predicted octanol–water partition coefficient (Wildman–Crippen LogP) is 3.09. The molecule has 2 heterocycles. The first-order chi connectivity index (χ1) is 10.3. The molecule has 1 N–H and O–H groups in total. The maximum Gasteiger partial charge on any atom is 0.118 e. The molecule has 112 valence electrons. The van der Waals surface area contributed by atoms with Crippen LogP contribution in [0.2, 0.25) is 0 Å². The highest BCUT2D eigenvalue weighted by Crippen LogP contribution is 2.27. The number of benzene rings is 1. The lowest BCUT2D eigenvalue weighted by molar-refractivity contribution is 0.110. The summed E-state index contributed by atoms with van der Waals surface area (Å²) < 4.78 is 10.8. The SMILES string of the molecule is COc1ccc(-c2cnc(CNCC3CCCO3)s2)cc1. The van der Waals surface area contributed by atoms with E-state index >= 15 is 0 Å². The minimum atomic E-state index is 0.381. The summed E-state index contributed by atoms with van der Waals surface area (Å²) in [5.41, 5.74) is 1.18. The van der Waals surface area contributed by atoms with Crippen LogP contribution in [0.1, 0.15) is 17.8 Å². The zero-order valence-corrected chi connectivity index (χ0v) is 13.0. The van der Waals surface area contributed by atoms with Crippen LogP contribution < -0.4 is 10.1 Å². The molecule has 1 atom stereocenters. The highest BCUT2D eigenvalue weighted by Gasteiger charge is 2.14. The number of aromatic nitrogens is 1. The molecule has 5 heteroatoms. The number of nitrogens with one attached hydrogen (secondary N) is 1. The molecule has 0 amide bonds. The average molecular weight is 304 g/mol. The second kappa shape index (κ2) is 7.02. The molecular weight excluding hydrogens is 284 g/mol. The molecule has 1 aromatic heterocycles. The molecule has 1 aliphatic rings. The van der Waals surface area contributed by atoms with Gasteiger partial charge in [0.05, 0.1) is 18.1 Å². The van der Waals surface area contributed by atoms with Crippen molar-refractivity contribution in [3.63, 3.8) is 0 Å². The molecule has 0 saturated carbocycles. The van der Waals surface area contributed by atoms with Crippen LogP contribution in [0.15, 0.2) is 30.5 Å². The summed E-state index contributed by atoms with van der Waals surface area (Å²) in [6, 6.07) is 8.08. The van der Waals surface area contributed by atoms with Crippen LogP contribution in [0.3, 0.4) is 0 Å². The van der Waals surface area contributed by atoms with E-state index < -0.39 is 0 Å². The zero-order valence-electron chi connectivity index (χ0n) is 12.2. The molecule has 21 heavy (non-hydrogen) atoms. The van der Waals surface area contributed by atoms with Gasteiger partial charge in [0.1, 0.15) is 10.8 Å². The summed E-state index contributed by atoms with van der Waals surface area (Å²) in [4.78, 5) is 5.67. The van der Waals surface area contributed by atoms with Gasteiger partial charge in [-0.15, -0.1) is 11.3 Å². The van der Waals surface area contributed by atoms with Crippen LogP contribution in [-0.4, -0.2) is 31.3 Å². The van der Waals surface area contributed by atoms with Crippen molar-refractivity contribution in [3.8, 4) is 16.2 Å². The normalized spacial score (nSPS) is 18.0. The van der Waals surface area contributed by atoms with Crippen LogP contribution in [0.5, 0.6) is 5.75 Å². The summed E-state index contributed by atoms with van der Waals surface area (Å²) in [5.74, 6) is 0.877. The first-order valence-electron chi connectivity index (χ1n) is 7.26. The fourth-order valence-corrected chi connectivity index (χ4v) is 3.32. The quantitative estimate of drug-likeness (QED) is 0.890. The summed E-state index contributed by atoms with van der Waals surface area (Å²) >= 11 is 1.73. The Bertz CT molecular complexity index is 562. The van der Waals surface area contributed by atoms with E-state index in [1.165, 1.54) is 23.3 Å². The zero-order chi connectivity index (χ0) is 14.5. The first-order valence-corrected chi connectivity index (χ1v) is 8.08. The Kier molecular flexibility index (Phi) is 4.85. The van der Waals surface area contributed by atoms with E-state index in [1.54, 1.807) is 18.4 Å². The van der Waals surface area contributed by atoms with E-state index in [1.807, 2.05) is 18.3 Å². The van der Waals surface area contributed by atoms with E-state index in [2.05, 4.69) is 22.4 Å². The van der Waals surface area contributed by atoms with E-state index in [0.717, 1.165) is 30.5 Å². The highest BCUT2D eigenvalue weighted by molar-refractivity contribution is 7.15. The molecule has 1 aromatic carbocycles. The van der Waals surface area contributed by atoms with Crippen molar-refractivity contribution in [2.75, 3.05) is 20.3 Å². The van der Waals surface area contributed by atoms with E-state index in [9.17, 15) is 0 Å². The first kappa shape index (κ1) is 14.5. The predicted molar refractivity (Wildman–Crippen MR) is 84.8 cm³/mol. The number of thiazole rings is 1. The molecule has 1 unspecified atom stereocenters. The van der Waals surface area contributed by atoms with Crippen LogP contribution in [0.4, 0.5) is 0 Å². The largest absolute Gasteiger partial charge is 0.497 e. The minimum absolute atomic E-state index is 0.381. The number of ether oxygens (including phenoxy) is 2. The van der Waals surface area contributed by atoms with Gasteiger partial charge in [0.15, 0.2) is 0 Å². The second-order valence-corrected chi connectivity index (χ2v) is 6.23. The highest BCUT2D eigenvalue weighted by atomic mass is 32.1. The Labute approximate surface area is 129 Å². The third-order valence-corrected chi connectivity index (χ3v) is 4.65. The Balaban J connectivity index is 1.54. The lowest BCUT2D eigenvalue weighted by Crippen LogP contribution is -2.25. The number of hydrogen-bond donors (Lipinski definition) is 1. The van der Waals surface area contributed by atoms with Crippen molar-refractivity contribution in [1.29, 1.82) is 0 Å². The van der Waals surface area contributed by atoms with Gasteiger partial charge >= 0.3 is 0 Å². The maximum absolute atomic E-state index is 5.60. The summed E-state index contributed by atoms with van der Waals surface area (Å²) in [7, 11) is 1.68. The fraction of sp³-hybridized carbons (Fsp3) is 0.438. The Morgan fingerprint density at radius 2 is 2.24 bits per heavy atom. The number of rotatable bonds is 6. The Morgan fingerprint density at radius 3 is 2.95 bits per heavy atom. The summed E-state index contributed by atoms with van der Waals surface area (Å²) in [6.07, 6.45) is 4.67. The van der Waals surface area contributed by atoms with Gasteiger partial charge in [-0.05, 0) is 42.7 Å². The number of nitrogens with zero attached hydrogens (tertiary/aromatic N) is 1. The molecular formula is C16H20N2O2S. The van der Waals surface area contributed by atoms with Crippen LogP contribution in [-0.2, 0) is 11.3 Å². The third kappa shape index (κ3) is 3.81. The van der Waals surface area contributed by atoms with Crippen molar-refractivity contribution < 1.29 is 9.47 Å². The van der Waals surface area contributed by atoms with Gasteiger partial charge in [0.25, 0.3) is 0 Å². The average Bonchev–Trinajstić information content (AvgIpc) is 3.19. The molecule has 0 aliphatic carbocycles. The Hall–Kier alpha value is -1.43. The van der Waals surface area contributed by atoms with Crippen LogP contribution in [0, 0.1) is 0 Å². The molecule has 1 saturated heterocycles. The van der Waals surface area contributed by atoms with Crippen molar-refractivity contribution in [2.45, 2.75) is 25.5 Å². The van der Waals surface area contributed by atoms with Gasteiger partial charge < -0.3 is 14.8 Å². The summed E-state index contributed by atoms with van der Waals surface area (Å²) in [5, 5.41) is 4.54. The molecule has 3 rings (SSSR count). The van der Waals surface area contributed by atoms with E-state index in [-0.39, 0.29) is 0 Å². The lowest BCUT2D eigenvalue weighted by atomic mass is 10.2. The molecule has 1 fully saturated rings. The van der Waals surface area contributed by atoms with Crippen molar-refractivity contribution in [3.05, 3.63) is 35.5 Å². The Morgan fingerprint density at radius 1 is 1.38 bits per heavy atom. The third-order valence-electron chi connectivity index (χ3n) is 3.60. The molecule has 1 aliphatic heterocycles. The minimum Gasteiger partial charge on any atom is -0.497 e. The summed E-state index contributed by atoms with van der Waals surface area (Å²) in [6.45, 7) is 2.63. The van der Waals surface area contributed by atoms with Crippen molar-refractivity contribution in [1.82, 2.24) is 10.3 Å². The van der Waals surface area contributed by atoms with Gasteiger partial charge in [-0.25, -0.2) is 4.98 Å². The van der Waals surface area contributed by atoms with Crippen molar-refractivity contribution in [2.24, 2.45) is 0 Å². The molecule has 2 aromatic rings. The molecule has 0 bridgehead atoms. The number of hydrogen-bond acceptors (Lipinski definition) is 5. The smallest absolute Gasteiger partial charge is 0.118 e. The monoisotopic (exact) mass is 304 g/mol. The van der Waals surface area contributed by atoms with Gasteiger partial charge in [0, 0.05) is 25.9 Å².